The van der Waals surface area contributed by atoms with Gasteiger partial charge in [0.1, 0.15) is 24.4 Å². The number of allylic oxidation sites excluding steroid dienone is 1. The minimum absolute atomic E-state index is 0.00580. The van der Waals surface area contributed by atoms with Crippen LogP contribution in [0.15, 0.2) is 11.6 Å². The van der Waals surface area contributed by atoms with E-state index in [1.165, 1.54) is 0 Å². The Morgan fingerprint density at radius 2 is 1.54 bits per heavy atom. The quantitative estimate of drug-likeness (QED) is 0.143. The van der Waals surface area contributed by atoms with Gasteiger partial charge in [0.25, 0.3) is 0 Å². The van der Waals surface area contributed by atoms with E-state index in [-0.39, 0.29) is 46.5 Å². The van der Waals surface area contributed by atoms with E-state index < -0.39 is 66.6 Å². The van der Waals surface area contributed by atoms with Gasteiger partial charge >= 0.3 is 0 Å². The van der Waals surface area contributed by atoms with E-state index in [1.807, 2.05) is 19.9 Å². The predicted molar refractivity (Wildman–Crippen MR) is 171 cm³/mol. The lowest BCUT2D eigenvalue weighted by atomic mass is 9.35. The molecule has 266 valence electrons. The summed E-state index contributed by atoms with van der Waals surface area (Å²) in [7, 11) is 0. The molecule has 0 bridgehead atoms. The van der Waals surface area contributed by atoms with Gasteiger partial charge in [0.15, 0.2) is 6.29 Å². The van der Waals surface area contributed by atoms with Crippen molar-refractivity contribution in [3.8, 4) is 0 Å². The molecule has 5 aliphatic rings. The Kier molecular flexibility index (Phi) is 10.0. The molecule has 10 heteroatoms. The van der Waals surface area contributed by atoms with Crippen molar-refractivity contribution in [2.75, 3.05) is 13.2 Å². The third kappa shape index (κ3) is 5.55. The molecule has 0 spiro atoms. The Balaban J connectivity index is 1.39. The highest BCUT2D eigenvalue weighted by Gasteiger charge is 2.73. The maximum atomic E-state index is 12.2. The molecule has 1 heterocycles. The van der Waals surface area contributed by atoms with Gasteiger partial charge in [-0.1, -0.05) is 46.3 Å². The van der Waals surface area contributed by atoms with Gasteiger partial charge < -0.3 is 50.3 Å². The number of fused-ring (bicyclic) bond motifs is 5. The molecule has 46 heavy (non-hydrogen) atoms. The molecule has 0 aromatic rings. The molecule has 1 aliphatic heterocycles. The first-order valence-electron chi connectivity index (χ1n) is 17.6. The van der Waals surface area contributed by atoms with Crippen LogP contribution in [-0.4, -0.2) is 109 Å². The first-order valence-corrected chi connectivity index (χ1v) is 17.6. The predicted octanol–water partition coefficient (Wildman–Crippen LogP) is 2.27. The summed E-state index contributed by atoms with van der Waals surface area (Å²) in [5, 5.41) is 86.0. The highest BCUT2D eigenvalue weighted by atomic mass is 16.7. The van der Waals surface area contributed by atoms with E-state index >= 15 is 0 Å². The van der Waals surface area contributed by atoms with Crippen molar-refractivity contribution in [1.29, 1.82) is 0 Å². The van der Waals surface area contributed by atoms with Crippen molar-refractivity contribution >= 4 is 0 Å². The number of aliphatic hydroxyl groups is 8. The van der Waals surface area contributed by atoms with Crippen LogP contribution < -0.4 is 0 Å². The first-order chi connectivity index (χ1) is 21.3. The van der Waals surface area contributed by atoms with Crippen LogP contribution in [0.5, 0.6) is 0 Å². The van der Waals surface area contributed by atoms with Crippen molar-refractivity contribution < 1.29 is 50.3 Å². The molecule has 1 unspecified atom stereocenters. The largest absolute Gasteiger partial charge is 0.394 e. The zero-order valence-corrected chi connectivity index (χ0v) is 29.0. The van der Waals surface area contributed by atoms with Crippen molar-refractivity contribution in [2.24, 2.45) is 45.3 Å². The lowest BCUT2D eigenvalue weighted by Crippen LogP contribution is -2.68. The average Bonchev–Trinajstić information content (AvgIpc) is 3.25. The van der Waals surface area contributed by atoms with Crippen molar-refractivity contribution in [2.45, 2.75) is 154 Å². The Hall–Kier alpha value is -0.660. The van der Waals surface area contributed by atoms with Crippen molar-refractivity contribution in [3.05, 3.63) is 11.6 Å². The number of ether oxygens (including phenoxy) is 2. The van der Waals surface area contributed by atoms with E-state index in [9.17, 15) is 40.9 Å². The SMILES string of the molecule is C/C(=C/CC[C@](C)(O)[C@H]1[C@H](O)C[C@]2(C)[C@@H]1CC[C@@H]1[C@@]3(C)CC[C@H](O[C@@H]4O[C@H](CO)[C@@H](O)[C@H](O)[C@H]4O)C(C)(C)C3[C@@H](O)C[C@]12C)CO. The summed E-state index contributed by atoms with van der Waals surface area (Å²) in [6.07, 6.45) is -0.930. The molecule has 5 rings (SSSR count). The maximum Gasteiger partial charge on any atom is 0.186 e. The lowest BCUT2D eigenvalue weighted by molar-refractivity contribution is -0.335. The minimum Gasteiger partial charge on any atom is -0.394 e. The van der Waals surface area contributed by atoms with Gasteiger partial charge in [0.2, 0.25) is 0 Å². The molecule has 1 saturated heterocycles. The van der Waals surface area contributed by atoms with E-state index in [0.717, 1.165) is 24.8 Å². The van der Waals surface area contributed by atoms with Gasteiger partial charge in [0.05, 0.1) is 37.1 Å². The van der Waals surface area contributed by atoms with Crippen LogP contribution in [0.1, 0.15) is 99.8 Å². The summed E-state index contributed by atoms with van der Waals surface area (Å²) in [5.41, 5.74) is -1.54. The number of rotatable bonds is 8. The van der Waals surface area contributed by atoms with E-state index in [1.54, 1.807) is 0 Å². The second-order valence-electron chi connectivity index (χ2n) is 17.4. The van der Waals surface area contributed by atoms with Gasteiger partial charge in [-0.25, -0.2) is 0 Å². The van der Waals surface area contributed by atoms with Crippen LogP contribution in [0, 0.1) is 45.3 Å². The molecule has 0 amide bonds. The van der Waals surface area contributed by atoms with E-state index in [4.69, 9.17) is 9.47 Å². The zero-order valence-electron chi connectivity index (χ0n) is 29.0. The fraction of sp³-hybridized carbons (Fsp3) is 0.944. The third-order valence-corrected chi connectivity index (χ3v) is 14.5. The highest BCUT2D eigenvalue weighted by Crippen LogP contribution is 2.76. The number of hydrogen-bond acceptors (Lipinski definition) is 10. The average molecular weight is 655 g/mol. The molecule has 5 fully saturated rings. The Morgan fingerprint density at radius 3 is 2.17 bits per heavy atom. The Labute approximate surface area is 274 Å². The van der Waals surface area contributed by atoms with Crippen LogP contribution >= 0.6 is 0 Å². The lowest BCUT2D eigenvalue weighted by Gasteiger charge is -2.71. The summed E-state index contributed by atoms with van der Waals surface area (Å²) in [5.74, 6) is -0.0328. The fourth-order valence-electron chi connectivity index (χ4n) is 12.2. The van der Waals surface area contributed by atoms with Crippen LogP contribution in [-0.2, 0) is 9.47 Å². The second-order valence-corrected chi connectivity index (χ2v) is 17.4. The molecular formula is C36H62O10. The molecule has 0 radical (unpaired) electrons. The normalized spacial score (nSPS) is 51.9. The maximum absolute atomic E-state index is 12.2. The monoisotopic (exact) mass is 654 g/mol. The molecule has 4 saturated carbocycles. The van der Waals surface area contributed by atoms with Crippen LogP contribution in [0.3, 0.4) is 0 Å². The summed E-state index contributed by atoms with van der Waals surface area (Å²) in [6, 6.07) is 0. The van der Waals surface area contributed by atoms with E-state index in [2.05, 4.69) is 34.6 Å². The molecule has 4 aliphatic carbocycles. The summed E-state index contributed by atoms with van der Waals surface area (Å²) >= 11 is 0. The first kappa shape index (κ1) is 36.6. The van der Waals surface area contributed by atoms with Crippen LogP contribution in [0.25, 0.3) is 0 Å². The Morgan fingerprint density at radius 1 is 0.891 bits per heavy atom. The van der Waals surface area contributed by atoms with Gasteiger partial charge in [-0.05, 0) is 105 Å². The fourth-order valence-corrected chi connectivity index (χ4v) is 12.2. The number of hydrogen-bond donors (Lipinski definition) is 8. The van der Waals surface area contributed by atoms with E-state index in [0.29, 0.717) is 32.1 Å². The molecule has 0 aromatic carbocycles. The van der Waals surface area contributed by atoms with Crippen molar-refractivity contribution in [1.82, 2.24) is 0 Å². The van der Waals surface area contributed by atoms with Gasteiger partial charge in [-0.2, -0.15) is 0 Å². The summed E-state index contributed by atoms with van der Waals surface area (Å²) < 4.78 is 12.1. The minimum atomic E-state index is -1.52. The summed E-state index contributed by atoms with van der Waals surface area (Å²) in [4.78, 5) is 0. The molecule has 16 atom stereocenters. The Bertz CT molecular complexity index is 1120. The topological polar surface area (TPSA) is 180 Å². The zero-order chi connectivity index (χ0) is 34.2. The van der Waals surface area contributed by atoms with Gasteiger partial charge in [0, 0.05) is 5.92 Å². The van der Waals surface area contributed by atoms with Gasteiger partial charge in [-0.15, -0.1) is 0 Å². The van der Waals surface area contributed by atoms with Crippen molar-refractivity contribution in [3.63, 3.8) is 0 Å². The second kappa shape index (κ2) is 12.6. The summed E-state index contributed by atoms with van der Waals surface area (Å²) in [6.45, 7) is 14.3. The standard InChI is InChI=1S/C36H62O10/c1-19(17-37)9-8-13-36(7,44)26-20-10-11-24-33(4)14-12-25(46-31-29(43)28(42)27(41)23(18-38)45-31)32(2,3)30(33)22(40)16-35(24,6)34(20,5)15-21(26)39/h9,20-31,37-44H,8,10-18H2,1-7H3/b19-9-/t20-,21-,22+,23-,24-,25+,26-,27-,28+,29-,30?,31+,33-,34-,35-,36+/m1/s1. The molecule has 8 N–H and O–H groups in total. The smallest absolute Gasteiger partial charge is 0.186 e. The van der Waals surface area contributed by atoms with Crippen LogP contribution in [0.4, 0.5) is 0 Å². The highest BCUT2D eigenvalue weighted by molar-refractivity contribution is 5.21. The van der Waals surface area contributed by atoms with Gasteiger partial charge in [-0.3, -0.25) is 0 Å². The molecule has 0 aromatic heterocycles. The molecule has 10 nitrogen and oxygen atoms in total. The third-order valence-electron chi connectivity index (χ3n) is 14.5. The number of aliphatic hydroxyl groups excluding tert-OH is 7. The van der Waals surface area contributed by atoms with Crippen LogP contribution in [0.2, 0.25) is 0 Å². The molecular weight excluding hydrogens is 592 g/mol.